The third kappa shape index (κ3) is 4.76. The zero-order valence-electron chi connectivity index (χ0n) is 13.1. The van der Waals surface area contributed by atoms with E-state index in [1.165, 1.54) is 57.8 Å². The lowest BCUT2D eigenvalue weighted by Crippen LogP contribution is -2.43. The summed E-state index contributed by atoms with van der Waals surface area (Å²) in [5, 5.41) is 6.67. The van der Waals surface area contributed by atoms with Crippen LogP contribution in [0.2, 0.25) is 0 Å². The number of rotatable bonds is 8. The van der Waals surface area contributed by atoms with Gasteiger partial charge in [-0.2, -0.15) is 0 Å². The van der Waals surface area contributed by atoms with Gasteiger partial charge in [-0.05, 0) is 31.6 Å². The van der Waals surface area contributed by atoms with Crippen molar-refractivity contribution in [3.05, 3.63) is 0 Å². The van der Waals surface area contributed by atoms with Crippen molar-refractivity contribution >= 4 is 5.91 Å². The molecular weight excluding hydrogens is 248 g/mol. The summed E-state index contributed by atoms with van der Waals surface area (Å²) in [7, 11) is 0. The van der Waals surface area contributed by atoms with Crippen LogP contribution in [0.15, 0.2) is 0 Å². The van der Waals surface area contributed by atoms with Crippen molar-refractivity contribution in [2.75, 3.05) is 6.54 Å². The molecule has 20 heavy (non-hydrogen) atoms. The maximum absolute atomic E-state index is 12.2. The highest BCUT2D eigenvalue weighted by atomic mass is 16.2. The molecule has 1 aliphatic carbocycles. The Hall–Kier alpha value is -0.570. The number of carbonyl (C=O) groups is 1. The van der Waals surface area contributed by atoms with Crippen molar-refractivity contribution < 1.29 is 4.79 Å². The van der Waals surface area contributed by atoms with Crippen LogP contribution >= 0.6 is 0 Å². The Bertz CT molecular complexity index is 279. The second-order valence-electron chi connectivity index (χ2n) is 6.66. The highest BCUT2D eigenvalue weighted by Gasteiger charge is 2.37. The molecule has 3 unspecified atom stereocenters. The Morgan fingerprint density at radius 2 is 1.85 bits per heavy atom. The van der Waals surface area contributed by atoms with Gasteiger partial charge in [0.05, 0.1) is 6.04 Å². The minimum absolute atomic E-state index is 0.0863. The number of fused-ring (bicyclic) bond motifs is 1. The maximum atomic E-state index is 12.2. The fourth-order valence-electron chi connectivity index (χ4n) is 3.76. The average molecular weight is 280 g/mol. The van der Waals surface area contributed by atoms with Crippen molar-refractivity contribution in [3.63, 3.8) is 0 Å². The molecule has 0 aromatic heterocycles. The molecule has 2 N–H and O–H groups in total. The molecule has 1 saturated heterocycles. The summed E-state index contributed by atoms with van der Waals surface area (Å²) in [4.78, 5) is 12.2. The standard InChI is InChI=1S/C17H32N2O/c1-2-3-4-5-6-9-12-18-17(20)16-13-14-10-7-8-11-15(14)19-16/h14-16,19H,2-13H2,1H3,(H,18,20). The Morgan fingerprint density at radius 1 is 1.10 bits per heavy atom. The van der Waals surface area contributed by atoms with Gasteiger partial charge >= 0.3 is 0 Å². The molecule has 3 heteroatoms. The van der Waals surface area contributed by atoms with Crippen LogP contribution in [0.4, 0.5) is 0 Å². The Labute approximate surface area is 124 Å². The van der Waals surface area contributed by atoms with Gasteiger partial charge in [0, 0.05) is 12.6 Å². The molecule has 2 rings (SSSR count). The molecule has 1 saturated carbocycles. The van der Waals surface area contributed by atoms with Gasteiger partial charge in [-0.15, -0.1) is 0 Å². The van der Waals surface area contributed by atoms with Gasteiger partial charge in [0.15, 0.2) is 0 Å². The van der Waals surface area contributed by atoms with Crippen LogP contribution in [0.1, 0.15) is 77.6 Å². The predicted molar refractivity (Wildman–Crippen MR) is 83.7 cm³/mol. The summed E-state index contributed by atoms with van der Waals surface area (Å²) in [6.45, 7) is 3.10. The molecule has 0 bridgehead atoms. The number of carbonyl (C=O) groups excluding carboxylic acids is 1. The van der Waals surface area contributed by atoms with Crippen molar-refractivity contribution in [1.29, 1.82) is 0 Å². The average Bonchev–Trinajstić information content (AvgIpc) is 2.90. The SMILES string of the molecule is CCCCCCCCNC(=O)C1CC2CCCCC2N1. The maximum Gasteiger partial charge on any atom is 0.237 e. The molecule has 116 valence electrons. The van der Waals surface area contributed by atoms with E-state index in [0.717, 1.165) is 25.3 Å². The molecule has 0 radical (unpaired) electrons. The number of amides is 1. The molecule has 3 atom stereocenters. The van der Waals surface area contributed by atoms with E-state index in [1.807, 2.05) is 0 Å². The van der Waals surface area contributed by atoms with Crippen LogP contribution in [0, 0.1) is 5.92 Å². The van der Waals surface area contributed by atoms with Crippen molar-refractivity contribution in [2.45, 2.75) is 89.6 Å². The highest BCUT2D eigenvalue weighted by Crippen LogP contribution is 2.33. The Morgan fingerprint density at radius 3 is 2.65 bits per heavy atom. The second-order valence-corrected chi connectivity index (χ2v) is 6.66. The number of hydrogen-bond donors (Lipinski definition) is 2. The van der Waals surface area contributed by atoms with Crippen LogP contribution in [0.3, 0.4) is 0 Å². The van der Waals surface area contributed by atoms with E-state index in [1.54, 1.807) is 0 Å². The third-order valence-corrected chi connectivity index (χ3v) is 5.01. The lowest BCUT2D eigenvalue weighted by molar-refractivity contribution is -0.122. The van der Waals surface area contributed by atoms with Crippen molar-refractivity contribution in [1.82, 2.24) is 10.6 Å². The van der Waals surface area contributed by atoms with Gasteiger partial charge in [-0.25, -0.2) is 0 Å². The number of hydrogen-bond acceptors (Lipinski definition) is 2. The van der Waals surface area contributed by atoms with E-state index >= 15 is 0 Å². The molecule has 1 amide bonds. The molecular formula is C17H32N2O. The zero-order chi connectivity index (χ0) is 14.2. The molecule has 0 spiro atoms. The first-order chi connectivity index (χ1) is 9.81. The van der Waals surface area contributed by atoms with Gasteiger partial charge in [0.1, 0.15) is 0 Å². The number of unbranched alkanes of at least 4 members (excludes halogenated alkanes) is 5. The van der Waals surface area contributed by atoms with Crippen LogP contribution in [0.25, 0.3) is 0 Å². The molecule has 1 heterocycles. The normalized spacial score (nSPS) is 29.1. The topological polar surface area (TPSA) is 41.1 Å². The van der Waals surface area contributed by atoms with E-state index in [-0.39, 0.29) is 11.9 Å². The van der Waals surface area contributed by atoms with E-state index in [0.29, 0.717) is 6.04 Å². The Balaban J connectivity index is 1.54. The molecule has 2 aliphatic rings. The fourth-order valence-corrected chi connectivity index (χ4v) is 3.76. The minimum Gasteiger partial charge on any atom is -0.355 e. The van der Waals surface area contributed by atoms with Crippen molar-refractivity contribution in [2.24, 2.45) is 5.92 Å². The monoisotopic (exact) mass is 280 g/mol. The van der Waals surface area contributed by atoms with E-state index < -0.39 is 0 Å². The minimum atomic E-state index is 0.0863. The summed E-state index contributed by atoms with van der Waals surface area (Å²) in [5.41, 5.74) is 0. The van der Waals surface area contributed by atoms with Crippen LogP contribution in [-0.2, 0) is 4.79 Å². The van der Waals surface area contributed by atoms with E-state index in [9.17, 15) is 4.79 Å². The van der Waals surface area contributed by atoms with E-state index in [2.05, 4.69) is 17.6 Å². The van der Waals surface area contributed by atoms with Gasteiger partial charge < -0.3 is 10.6 Å². The highest BCUT2D eigenvalue weighted by molar-refractivity contribution is 5.82. The predicted octanol–water partition coefficient (Wildman–Crippen LogP) is 3.38. The second kappa shape index (κ2) is 8.66. The van der Waals surface area contributed by atoms with Crippen LogP contribution < -0.4 is 10.6 Å². The van der Waals surface area contributed by atoms with E-state index in [4.69, 9.17) is 0 Å². The summed E-state index contributed by atoms with van der Waals surface area (Å²) >= 11 is 0. The first kappa shape index (κ1) is 15.8. The summed E-state index contributed by atoms with van der Waals surface area (Å²) in [5.74, 6) is 1.00. The quantitative estimate of drug-likeness (QED) is 0.669. The number of nitrogens with one attached hydrogen (secondary N) is 2. The first-order valence-electron chi connectivity index (χ1n) is 8.85. The lowest BCUT2D eigenvalue weighted by Gasteiger charge is -2.24. The first-order valence-corrected chi connectivity index (χ1v) is 8.85. The molecule has 3 nitrogen and oxygen atoms in total. The fraction of sp³-hybridized carbons (Fsp3) is 0.941. The largest absolute Gasteiger partial charge is 0.355 e. The van der Waals surface area contributed by atoms with Gasteiger partial charge in [0.2, 0.25) is 5.91 Å². The molecule has 2 fully saturated rings. The van der Waals surface area contributed by atoms with Crippen LogP contribution in [0.5, 0.6) is 0 Å². The third-order valence-electron chi connectivity index (χ3n) is 5.01. The Kier molecular flexibility index (Phi) is 6.85. The van der Waals surface area contributed by atoms with Crippen molar-refractivity contribution in [3.8, 4) is 0 Å². The zero-order valence-corrected chi connectivity index (χ0v) is 13.1. The molecule has 0 aromatic rings. The van der Waals surface area contributed by atoms with Gasteiger partial charge in [-0.1, -0.05) is 51.9 Å². The lowest BCUT2D eigenvalue weighted by atomic mass is 9.85. The van der Waals surface area contributed by atoms with Crippen LogP contribution in [-0.4, -0.2) is 24.5 Å². The summed E-state index contributed by atoms with van der Waals surface area (Å²) < 4.78 is 0. The smallest absolute Gasteiger partial charge is 0.237 e. The van der Waals surface area contributed by atoms with Gasteiger partial charge in [-0.3, -0.25) is 4.79 Å². The summed E-state index contributed by atoms with van der Waals surface area (Å²) in [6, 6.07) is 0.705. The molecule has 0 aromatic carbocycles. The van der Waals surface area contributed by atoms with Gasteiger partial charge in [0.25, 0.3) is 0 Å². The summed E-state index contributed by atoms with van der Waals surface area (Å²) in [6.07, 6.45) is 14.0. The molecule has 1 aliphatic heterocycles.